The summed E-state index contributed by atoms with van der Waals surface area (Å²) in [6.07, 6.45) is 3.89. The van der Waals surface area contributed by atoms with Crippen LogP contribution in [-0.4, -0.2) is 47.0 Å². The molecule has 2 rings (SSSR count). The Kier molecular flexibility index (Phi) is 10.8. The minimum absolute atomic E-state index is 0.161. The lowest BCUT2D eigenvalue weighted by Crippen LogP contribution is -2.19. The number of aliphatic hydroxyl groups is 2. The largest absolute Gasteiger partial charge is 0.395 e. The first-order valence-electron chi connectivity index (χ1n) is 9.77. The van der Waals surface area contributed by atoms with Gasteiger partial charge in [0.15, 0.2) is 0 Å². The fourth-order valence-corrected chi connectivity index (χ4v) is 4.24. The fourth-order valence-electron chi connectivity index (χ4n) is 2.91. The molecule has 2 unspecified atom stereocenters. The van der Waals surface area contributed by atoms with Gasteiger partial charge in [0.2, 0.25) is 0 Å². The summed E-state index contributed by atoms with van der Waals surface area (Å²) in [5, 5.41) is 26.5. The van der Waals surface area contributed by atoms with Crippen molar-refractivity contribution >= 4 is 23.1 Å². The molecule has 0 bridgehead atoms. The van der Waals surface area contributed by atoms with Crippen LogP contribution in [-0.2, 0) is 0 Å². The number of para-hydroxylation sites is 2. The van der Waals surface area contributed by atoms with Crippen LogP contribution < -0.4 is 10.6 Å². The summed E-state index contributed by atoms with van der Waals surface area (Å²) < 4.78 is 0. The molecule has 0 aliphatic carbocycles. The molecule has 0 spiro atoms. The first-order chi connectivity index (χ1) is 13.3. The Morgan fingerprint density at radius 2 is 1.07 bits per heavy atom. The lowest BCUT2D eigenvalue weighted by Gasteiger charge is -2.21. The Morgan fingerprint density at radius 1 is 0.667 bits per heavy atom. The zero-order valence-electron chi connectivity index (χ0n) is 15.9. The normalized spacial score (nSPS) is 13.1. The van der Waals surface area contributed by atoms with Gasteiger partial charge >= 0.3 is 0 Å². The maximum atomic E-state index is 9.67. The molecule has 2 aromatic carbocycles. The fraction of sp³-hybridized carbons (Fsp3) is 0.455. The van der Waals surface area contributed by atoms with E-state index in [1.165, 1.54) is 0 Å². The molecule has 2 atom stereocenters. The van der Waals surface area contributed by atoms with Crippen LogP contribution in [0.5, 0.6) is 0 Å². The number of hydrogen-bond donors (Lipinski definition) is 4. The molecular formula is C22H32N2O2S. The van der Waals surface area contributed by atoms with Crippen LogP contribution in [0.2, 0.25) is 0 Å². The maximum Gasteiger partial charge on any atom is 0.0550 e. The van der Waals surface area contributed by atoms with Crippen molar-refractivity contribution in [2.24, 2.45) is 0 Å². The zero-order valence-corrected chi connectivity index (χ0v) is 16.7. The number of aliphatic hydroxyl groups excluding tert-OH is 2. The van der Waals surface area contributed by atoms with Gasteiger partial charge in [-0.3, -0.25) is 0 Å². The van der Waals surface area contributed by atoms with E-state index in [4.69, 9.17) is 0 Å². The lowest BCUT2D eigenvalue weighted by atomic mass is 10.2. The van der Waals surface area contributed by atoms with Crippen molar-refractivity contribution in [1.29, 1.82) is 0 Å². The molecular weight excluding hydrogens is 356 g/mol. The Balaban J connectivity index is 1.60. The molecule has 0 aromatic heterocycles. The second-order valence-electron chi connectivity index (χ2n) is 6.62. The third kappa shape index (κ3) is 9.18. The van der Waals surface area contributed by atoms with Crippen LogP contribution in [0.15, 0.2) is 60.7 Å². The summed E-state index contributed by atoms with van der Waals surface area (Å²) in [7, 11) is 0. The SMILES string of the molecule is OCC(CCCNc1ccccc1)SC(CO)CCCNc1ccccc1. The summed E-state index contributed by atoms with van der Waals surface area (Å²) >= 11 is 1.73. The van der Waals surface area contributed by atoms with Gasteiger partial charge in [-0.15, -0.1) is 0 Å². The topological polar surface area (TPSA) is 64.5 Å². The molecule has 148 valence electrons. The molecule has 2 aromatic rings. The number of thioether (sulfide) groups is 1. The van der Waals surface area contributed by atoms with Gasteiger partial charge in [-0.2, -0.15) is 11.8 Å². The van der Waals surface area contributed by atoms with Crippen molar-refractivity contribution < 1.29 is 10.2 Å². The van der Waals surface area contributed by atoms with E-state index in [2.05, 4.69) is 34.9 Å². The van der Waals surface area contributed by atoms with E-state index in [9.17, 15) is 10.2 Å². The molecule has 0 radical (unpaired) electrons. The van der Waals surface area contributed by atoms with Gasteiger partial charge < -0.3 is 20.8 Å². The van der Waals surface area contributed by atoms with Crippen molar-refractivity contribution in [2.45, 2.75) is 36.2 Å². The maximum absolute atomic E-state index is 9.67. The number of rotatable bonds is 14. The van der Waals surface area contributed by atoms with E-state index in [-0.39, 0.29) is 23.7 Å². The van der Waals surface area contributed by atoms with Crippen LogP contribution in [0.25, 0.3) is 0 Å². The van der Waals surface area contributed by atoms with Gasteiger partial charge in [0.1, 0.15) is 0 Å². The van der Waals surface area contributed by atoms with E-state index < -0.39 is 0 Å². The van der Waals surface area contributed by atoms with Crippen molar-refractivity contribution in [1.82, 2.24) is 0 Å². The molecule has 4 N–H and O–H groups in total. The summed E-state index contributed by atoms with van der Waals surface area (Å²) in [6.45, 7) is 2.11. The standard InChI is InChI=1S/C22H32N2O2S/c25-17-21(13-7-15-23-19-9-3-1-4-10-19)27-22(18-26)14-8-16-24-20-11-5-2-6-12-20/h1-6,9-12,21-26H,7-8,13-18H2. The molecule has 0 aliphatic rings. The first-order valence-corrected chi connectivity index (χ1v) is 10.7. The molecule has 27 heavy (non-hydrogen) atoms. The van der Waals surface area contributed by atoms with Crippen molar-refractivity contribution in [3.8, 4) is 0 Å². The Labute approximate surface area is 167 Å². The van der Waals surface area contributed by atoms with Crippen LogP contribution in [0.4, 0.5) is 11.4 Å². The lowest BCUT2D eigenvalue weighted by molar-refractivity contribution is 0.280. The minimum Gasteiger partial charge on any atom is -0.395 e. The molecule has 4 nitrogen and oxygen atoms in total. The predicted molar refractivity (Wildman–Crippen MR) is 118 cm³/mol. The Hall–Kier alpha value is -1.69. The summed E-state index contributed by atoms with van der Waals surface area (Å²) in [5.74, 6) is 0. The minimum atomic E-state index is 0.161. The second-order valence-corrected chi connectivity index (χ2v) is 8.22. The average Bonchev–Trinajstić information content (AvgIpc) is 2.73. The van der Waals surface area contributed by atoms with Crippen LogP contribution in [0, 0.1) is 0 Å². The van der Waals surface area contributed by atoms with Crippen molar-refractivity contribution in [3.05, 3.63) is 60.7 Å². The first kappa shape index (κ1) is 21.6. The highest BCUT2D eigenvalue weighted by atomic mass is 32.2. The highest BCUT2D eigenvalue weighted by Crippen LogP contribution is 2.25. The van der Waals surface area contributed by atoms with Gasteiger partial charge in [-0.1, -0.05) is 36.4 Å². The third-order valence-corrected chi connectivity index (χ3v) is 5.94. The smallest absolute Gasteiger partial charge is 0.0550 e. The molecule has 0 fully saturated rings. The van der Waals surface area contributed by atoms with Gasteiger partial charge in [-0.05, 0) is 49.9 Å². The summed E-state index contributed by atoms with van der Waals surface area (Å²) in [5.41, 5.74) is 2.26. The number of benzene rings is 2. The summed E-state index contributed by atoms with van der Waals surface area (Å²) in [6, 6.07) is 20.3. The van der Waals surface area contributed by atoms with E-state index >= 15 is 0 Å². The Bertz CT molecular complexity index is 544. The number of hydrogen-bond acceptors (Lipinski definition) is 5. The van der Waals surface area contributed by atoms with E-state index in [0.29, 0.717) is 0 Å². The Morgan fingerprint density at radius 3 is 1.44 bits per heavy atom. The van der Waals surface area contributed by atoms with E-state index in [0.717, 1.165) is 50.1 Å². The van der Waals surface area contributed by atoms with Crippen LogP contribution >= 0.6 is 11.8 Å². The van der Waals surface area contributed by atoms with Gasteiger partial charge in [-0.25, -0.2) is 0 Å². The summed E-state index contributed by atoms with van der Waals surface area (Å²) in [4.78, 5) is 0. The monoisotopic (exact) mass is 388 g/mol. The van der Waals surface area contributed by atoms with E-state index in [1.54, 1.807) is 11.8 Å². The highest BCUT2D eigenvalue weighted by Gasteiger charge is 2.15. The van der Waals surface area contributed by atoms with Crippen molar-refractivity contribution in [3.63, 3.8) is 0 Å². The van der Waals surface area contributed by atoms with Gasteiger partial charge in [0.05, 0.1) is 13.2 Å². The molecule has 0 saturated carbocycles. The van der Waals surface area contributed by atoms with Gasteiger partial charge in [0, 0.05) is 35.0 Å². The number of nitrogens with one attached hydrogen (secondary N) is 2. The number of anilines is 2. The molecule has 0 aliphatic heterocycles. The van der Waals surface area contributed by atoms with Crippen LogP contribution in [0.3, 0.4) is 0 Å². The second kappa shape index (κ2) is 13.5. The molecule has 0 heterocycles. The van der Waals surface area contributed by atoms with Crippen molar-refractivity contribution in [2.75, 3.05) is 36.9 Å². The molecule has 0 saturated heterocycles. The average molecular weight is 389 g/mol. The molecule has 5 heteroatoms. The van der Waals surface area contributed by atoms with Crippen LogP contribution in [0.1, 0.15) is 25.7 Å². The predicted octanol–water partition coefficient (Wildman–Crippen LogP) is 4.23. The quantitative estimate of drug-likeness (QED) is 0.365. The zero-order chi connectivity index (χ0) is 19.2. The van der Waals surface area contributed by atoms with Gasteiger partial charge in [0.25, 0.3) is 0 Å². The van der Waals surface area contributed by atoms with E-state index in [1.807, 2.05) is 36.4 Å². The molecule has 0 amide bonds. The highest BCUT2D eigenvalue weighted by molar-refractivity contribution is 8.00. The third-order valence-electron chi connectivity index (χ3n) is 4.40.